The van der Waals surface area contributed by atoms with Crippen LogP contribution in [-0.2, 0) is 11.3 Å². The molecule has 1 amide bonds. The van der Waals surface area contributed by atoms with Crippen LogP contribution in [-0.4, -0.2) is 70.6 Å². The Kier molecular flexibility index (Phi) is 6.05. The van der Waals surface area contributed by atoms with E-state index in [1.807, 2.05) is 36.1 Å². The number of fused-ring (bicyclic) bond motifs is 2. The summed E-state index contributed by atoms with van der Waals surface area (Å²) in [5.41, 5.74) is 2.91. The molecule has 10 nitrogen and oxygen atoms in total. The summed E-state index contributed by atoms with van der Waals surface area (Å²) in [4.78, 5) is 26.8. The second kappa shape index (κ2) is 9.53. The molecule has 0 atom stereocenters. The minimum absolute atomic E-state index is 0.0317. The summed E-state index contributed by atoms with van der Waals surface area (Å²) >= 11 is 6.25. The summed E-state index contributed by atoms with van der Waals surface area (Å²) in [5, 5.41) is 6.26. The molecule has 1 saturated heterocycles. The lowest BCUT2D eigenvalue weighted by atomic mass is 10.1. The molecule has 6 rings (SSSR count). The number of aryl methyl sites for hydroxylation is 1. The van der Waals surface area contributed by atoms with Crippen molar-refractivity contribution in [3.63, 3.8) is 0 Å². The molecule has 0 N–H and O–H groups in total. The fourth-order valence-corrected chi connectivity index (χ4v) is 4.93. The number of rotatable bonds is 5. The Morgan fingerprint density at radius 1 is 1.05 bits per heavy atom. The number of anilines is 1. The standard InChI is InChI=1S/C26H25ClN6O4/c1-16-23-24(28-22(14-35-2)29-25(23)33(30-16)19-5-3-4-18(27)13-19)31-8-10-32(11-9-31)26(34)17-6-7-20-21(12-17)37-15-36-20/h3-7,12-13H,8-11,14-15H2,1-2H3. The summed E-state index contributed by atoms with van der Waals surface area (Å²) in [7, 11) is 1.62. The van der Waals surface area contributed by atoms with Gasteiger partial charge in [-0.1, -0.05) is 17.7 Å². The van der Waals surface area contributed by atoms with Crippen molar-refractivity contribution >= 4 is 34.4 Å². The molecule has 4 heterocycles. The molecule has 11 heteroatoms. The summed E-state index contributed by atoms with van der Waals surface area (Å²) in [6.45, 7) is 4.75. The number of nitrogens with zero attached hydrogens (tertiary/aromatic N) is 6. The third-order valence-corrected chi connectivity index (χ3v) is 6.78. The number of hydrogen-bond donors (Lipinski definition) is 0. The summed E-state index contributed by atoms with van der Waals surface area (Å²) in [5.74, 6) is 2.58. The van der Waals surface area contributed by atoms with Crippen LogP contribution in [0.3, 0.4) is 0 Å². The predicted octanol–water partition coefficient (Wildman–Crippen LogP) is 3.61. The van der Waals surface area contributed by atoms with Gasteiger partial charge in [-0.2, -0.15) is 5.10 Å². The van der Waals surface area contributed by atoms with Gasteiger partial charge in [0.15, 0.2) is 23.0 Å². The zero-order chi connectivity index (χ0) is 25.5. The van der Waals surface area contributed by atoms with Crippen LogP contribution in [0.1, 0.15) is 21.9 Å². The Morgan fingerprint density at radius 2 is 1.86 bits per heavy atom. The van der Waals surface area contributed by atoms with Crippen LogP contribution < -0.4 is 14.4 Å². The van der Waals surface area contributed by atoms with E-state index in [4.69, 9.17) is 40.9 Å². The maximum atomic E-state index is 13.2. The predicted molar refractivity (Wildman–Crippen MR) is 138 cm³/mol. The molecule has 0 aliphatic carbocycles. The second-order valence-electron chi connectivity index (χ2n) is 8.92. The molecular formula is C26H25ClN6O4. The molecule has 190 valence electrons. The van der Waals surface area contributed by atoms with E-state index in [0.717, 1.165) is 22.6 Å². The van der Waals surface area contributed by atoms with E-state index in [0.29, 0.717) is 59.7 Å². The summed E-state index contributed by atoms with van der Waals surface area (Å²) in [6, 6.07) is 12.8. The van der Waals surface area contributed by atoms with Crippen molar-refractivity contribution in [3.05, 3.63) is 64.6 Å². The van der Waals surface area contributed by atoms with Gasteiger partial charge in [-0.3, -0.25) is 4.79 Å². The van der Waals surface area contributed by atoms with E-state index in [1.54, 1.807) is 30.0 Å². The lowest BCUT2D eigenvalue weighted by molar-refractivity contribution is 0.0746. The van der Waals surface area contributed by atoms with Gasteiger partial charge >= 0.3 is 0 Å². The number of amides is 1. The molecule has 37 heavy (non-hydrogen) atoms. The quantitative estimate of drug-likeness (QED) is 0.394. The highest BCUT2D eigenvalue weighted by molar-refractivity contribution is 6.30. The van der Waals surface area contributed by atoms with Gasteiger partial charge in [0.2, 0.25) is 6.79 Å². The number of aromatic nitrogens is 4. The molecule has 0 unspecified atom stereocenters. The Hall–Kier alpha value is -3.89. The fourth-order valence-electron chi connectivity index (χ4n) is 4.75. The number of carbonyl (C=O) groups is 1. The summed E-state index contributed by atoms with van der Waals surface area (Å²) < 4.78 is 17.9. The average Bonchev–Trinajstić information content (AvgIpc) is 3.52. The SMILES string of the molecule is COCc1nc(N2CCN(C(=O)c3ccc4c(c3)OCO4)CC2)c2c(C)nn(-c3cccc(Cl)c3)c2n1. The van der Waals surface area contributed by atoms with Gasteiger partial charge in [0, 0.05) is 43.9 Å². The monoisotopic (exact) mass is 520 g/mol. The summed E-state index contributed by atoms with van der Waals surface area (Å²) in [6.07, 6.45) is 0. The molecule has 2 aliphatic rings. The van der Waals surface area contributed by atoms with E-state index in [1.165, 1.54) is 0 Å². The normalized spacial score (nSPS) is 15.0. The molecule has 0 spiro atoms. The number of ether oxygens (including phenoxy) is 3. The first-order valence-electron chi connectivity index (χ1n) is 12.0. The molecular weight excluding hydrogens is 496 g/mol. The van der Waals surface area contributed by atoms with Crippen molar-refractivity contribution in [3.8, 4) is 17.2 Å². The molecule has 0 saturated carbocycles. The van der Waals surface area contributed by atoms with Crippen LogP contribution in [0.2, 0.25) is 5.02 Å². The highest BCUT2D eigenvalue weighted by atomic mass is 35.5. The Labute approximate surface area is 218 Å². The fraction of sp³-hybridized carbons (Fsp3) is 0.308. The number of carbonyl (C=O) groups excluding carboxylic acids is 1. The average molecular weight is 521 g/mol. The largest absolute Gasteiger partial charge is 0.454 e. The Bertz CT molecular complexity index is 1500. The molecule has 1 fully saturated rings. The van der Waals surface area contributed by atoms with Crippen LogP contribution in [0.4, 0.5) is 5.82 Å². The van der Waals surface area contributed by atoms with Crippen molar-refractivity contribution < 1.29 is 19.0 Å². The molecule has 2 aromatic heterocycles. The van der Waals surface area contributed by atoms with Crippen molar-refractivity contribution in [2.24, 2.45) is 0 Å². The maximum Gasteiger partial charge on any atom is 0.254 e. The van der Waals surface area contributed by atoms with E-state index in [2.05, 4.69) is 4.90 Å². The van der Waals surface area contributed by atoms with E-state index >= 15 is 0 Å². The first kappa shape index (κ1) is 23.5. The van der Waals surface area contributed by atoms with Crippen LogP contribution in [0.15, 0.2) is 42.5 Å². The Morgan fingerprint density at radius 3 is 2.65 bits per heavy atom. The van der Waals surface area contributed by atoms with Gasteiger partial charge in [-0.25, -0.2) is 14.6 Å². The first-order chi connectivity index (χ1) is 18.0. The van der Waals surface area contributed by atoms with Crippen molar-refractivity contribution in [2.75, 3.05) is 45.0 Å². The number of methoxy groups -OCH3 is 1. The maximum absolute atomic E-state index is 13.2. The van der Waals surface area contributed by atoms with Gasteiger partial charge < -0.3 is 24.0 Å². The first-order valence-corrected chi connectivity index (χ1v) is 12.3. The number of hydrogen-bond acceptors (Lipinski definition) is 8. The van der Waals surface area contributed by atoms with Gasteiger partial charge in [-0.05, 0) is 43.3 Å². The zero-order valence-corrected chi connectivity index (χ0v) is 21.2. The highest BCUT2D eigenvalue weighted by Crippen LogP contribution is 2.33. The van der Waals surface area contributed by atoms with Gasteiger partial charge in [-0.15, -0.1) is 0 Å². The van der Waals surface area contributed by atoms with Gasteiger partial charge in [0.05, 0.1) is 16.8 Å². The number of benzene rings is 2. The molecule has 4 aromatic rings. The van der Waals surface area contributed by atoms with Crippen LogP contribution in [0, 0.1) is 6.92 Å². The number of halogens is 1. The third-order valence-electron chi connectivity index (χ3n) is 6.54. The zero-order valence-electron chi connectivity index (χ0n) is 20.5. The highest BCUT2D eigenvalue weighted by Gasteiger charge is 2.28. The van der Waals surface area contributed by atoms with Gasteiger partial charge in [0.25, 0.3) is 5.91 Å². The lowest BCUT2D eigenvalue weighted by Gasteiger charge is -2.35. The van der Waals surface area contributed by atoms with Crippen molar-refractivity contribution in [2.45, 2.75) is 13.5 Å². The van der Waals surface area contributed by atoms with E-state index in [-0.39, 0.29) is 19.3 Å². The number of piperazine rings is 1. The smallest absolute Gasteiger partial charge is 0.254 e. The third kappa shape index (κ3) is 4.32. The minimum Gasteiger partial charge on any atom is -0.454 e. The van der Waals surface area contributed by atoms with Crippen LogP contribution in [0.25, 0.3) is 16.7 Å². The van der Waals surface area contributed by atoms with E-state index < -0.39 is 0 Å². The topological polar surface area (TPSA) is 94.8 Å². The van der Waals surface area contributed by atoms with Crippen LogP contribution >= 0.6 is 11.6 Å². The van der Waals surface area contributed by atoms with E-state index in [9.17, 15) is 4.79 Å². The molecule has 0 radical (unpaired) electrons. The van der Waals surface area contributed by atoms with Gasteiger partial charge in [0.1, 0.15) is 12.4 Å². The Balaban J connectivity index is 1.29. The lowest BCUT2D eigenvalue weighted by Crippen LogP contribution is -2.49. The second-order valence-corrected chi connectivity index (χ2v) is 9.36. The molecule has 2 aliphatic heterocycles. The van der Waals surface area contributed by atoms with Crippen molar-refractivity contribution in [1.82, 2.24) is 24.6 Å². The molecule has 2 aromatic carbocycles. The van der Waals surface area contributed by atoms with Crippen molar-refractivity contribution in [1.29, 1.82) is 0 Å². The minimum atomic E-state index is -0.0317. The molecule has 0 bridgehead atoms. The van der Waals surface area contributed by atoms with Crippen LogP contribution in [0.5, 0.6) is 11.5 Å².